The summed E-state index contributed by atoms with van der Waals surface area (Å²) in [5.41, 5.74) is 23.4. The maximum absolute atomic E-state index is 6.86. The average Bonchev–Trinajstić information content (AvgIpc) is 4.21. The Morgan fingerprint density at radius 2 is 1.04 bits per heavy atom. The van der Waals surface area contributed by atoms with Crippen LogP contribution >= 0.6 is 11.8 Å². The molecule has 3 aliphatic carbocycles. The van der Waals surface area contributed by atoms with Gasteiger partial charge in [0.15, 0.2) is 0 Å². The number of rotatable bonds is 2. The van der Waals surface area contributed by atoms with Crippen LogP contribution < -0.4 is 0 Å². The summed E-state index contributed by atoms with van der Waals surface area (Å²) in [7, 11) is 0. The average molecular weight is 920 g/mol. The fourth-order valence-corrected chi connectivity index (χ4v) is 14.9. The Balaban J connectivity index is 0.906. The van der Waals surface area contributed by atoms with Crippen LogP contribution in [0.5, 0.6) is 0 Å². The number of nitrogens with zero attached hydrogens (tertiary/aromatic N) is 3. The zero-order chi connectivity index (χ0) is 46.2. The molecular weight excluding hydrogens is 883 g/mol. The van der Waals surface area contributed by atoms with Gasteiger partial charge >= 0.3 is 0 Å². The lowest BCUT2D eigenvalue weighted by Gasteiger charge is -2.40. The normalized spacial score (nSPS) is 16.0. The van der Waals surface area contributed by atoms with Gasteiger partial charge in [0.2, 0.25) is 0 Å². The second-order valence-electron chi connectivity index (χ2n) is 19.5. The number of hydrogen-bond acceptors (Lipinski definition) is 4. The third-order valence-corrected chi connectivity index (χ3v) is 17.5. The fraction of sp³-hybridized carbons (Fsp3) is 0.0303. The Kier molecular flexibility index (Phi) is 7.25. The van der Waals surface area contributed by atoms with Gasteiger partial charge in [-0.3, -0.25) is 9.97 Å². The molecule has 71 heavy (non-hydrogen) atoms. The molecule has 5 heteroatoms. The lowest BCUT2D eigenvalue weighted by atomic mass is 9.66. The Morgan fingerprint density at radius 3 is 1.85 bits per heavy atom. The third kappa shape index (κ3) is 4.59. The standard InChI is InChI=1S/C66H37N3OS/c1-2-15-40(16-3-1)69-56-26-12-7-20-44(56)45-30-31-57-61(64(45)69)46-29-28-38(34-58(46)70-57)39-33-55-63(68-37-39)62-52(25-14-32-67-62)66(55)51-24-11-13-27-59(51)71-60-36-53-47(35-54(60)66)43-19-6-10-23-50(43)65(53)48-21-8-4-17-41(48)42-18-5-9-22-49(42)65/h1-37H. The van der Waals surface area contributed by atoms with Gasteiger partial charge in [-0.15, -0.1) is 0 Å². The predicted molar refractivity (Wildman–Crippen MR) is 287 cm³/mol. The van der Waals surface area contributed by atoms with Crippen molar-refractivity contribution in [1.82, 2.24) is 14.5 Å². The van der Waals surface area contributed by atoms with Crippen LogP contribution in [0.4, 0.5) is 0 Å². The van der Waals surface area contributed by atoms with Crippen LogP contribution in [0.3, 0.4) is 0 Å². The van der Waals surface area contributed by atoms with Crippen LogP contribution in [0.2, 0.25) is 0 Å². The molecule has 0 radical (unpaired) electrons. The van der Waals surface area contributed by atoms with Gasteiger partial charge in [0.25, 0.3) is 0 Å². The van der Waals surface area contributed by atoms with Crippen molar-refractivity contribution < 1.29 is 4.42 Å². The Labute approximate surface area is 412 Å². The van der Waals surface area contributed by atoms with Crippen molar-refractivity contribution in [2.75, 3.05) is 0 Å². The number of furan rings is 1. The van der Waals surface area contributed by atoms with E-state index >= 15 is 0 Å². The molecule has 1 atom stereocenters. The molecule has 0 fully saturated rings. The van der Waals surface area contributed by atoms with Gasteiger partial charge < -0.3 is 8.98 Å². The van der Waals surface area contributed by atoms with Crippen LogP contribution in [-0.4, -0.2) is 14.5 Å². The Bertz CT molecular complexity index is 4480. The van der Waals surface area contributed by atoms with Crippen LogP contribution in [-0.2, 0) is 10.8 Å². The molecule has 5 heterocycles. The highest BCUT2D eigenvalue weighted by atomic mass is 32.2. The van der Waals surface area contributed by atoms with E-state index in [1.54, 1.807) is 0 Å². The molecule has 1 unspecified atom stereocenters. The van der Waals surface area contributed by atoms with Gasteiger partial charge in [0.05, 0.1) is 38.6 Å². The molecule has 0 N–H and O–H groups in total. The molecule has 0 bridgehead atoms. The highest BCUT2D eigenvalue weighted by Gasteiger charge is 2.56. The summed E-state index contributed by atoms with van der Waals surface area (Å²) < 4.78 is 9.26. The van der Waals surface area contributed by atoms with E-state index in [2.05, 4.69) is 217 Å². The summed E-state index contributed by atoms with van der Waals surface area (Å²) in [4.78, 5) is 13.1. The quantitative estimate of drug-likeness (QED) is 0.173. The molecule has 0 saturated heterocycles. The van der Waals surface area contributed by atoms with Crippen molar-refractivity contribution in [3.05, 3.63) is 269 Å². The molecule has 2 spiro atoms. The number of aromatic nitrogens is 3. The lowest BCUT2D eigenvalue weighted by Crippen LogP contribution is -2.33. The van der Waals surface area contributed by atoms with Crippen LogP contribution in [0.15, 0.2) is 239 Å². The van der Waals surface area contributed by atoms with Crippen LogP contribution in [0, 0.1) is 0 Å². The van der Waals surface area contributed by atoms with E-state index in [9.17, 15) is 0 Å². The summed E-state index contributed by atoms with van der Waals surface area (Å²) in [6.07, 6.45) is 3.96. The first-order chi connectivity index (χ1) is 35.2. The van der Waals surface area contributed by atoms with E-state index in [1.807, 2.05) is 24.2 Å². The number of pyridine rings is 2. The van der Waals surface area contributed by atoms with E-state index in [-0.39, 0.29) is 0 Å². The van der Waals surface area contributed by atoms with Gasteiger partial charge in [0, 0.05) is 55.2 Å². The van der Waals surface area contributed by atoms with Crippen molar-refractivity contribution >= 4 is 55.5 Å². The monoisotopic (exact) mass is 919 g/mol. The Hall–Kier alpha value is -8.77. The maximum atomic E-state index is 6.86. The van der Waals surface area contributed by atoms with Crippen LogP contribution in [0.1, 0.15) is 44.5 Å². The van der Waals surface area contributed by atoms with Crippen molar-refractivity contribution in [2.24, 2.45) is 0 Å². The highest BCUT2D eigenvalue weighted by Crippen LogP contribution is 2.67. The third-order valence-electron chi connectivity index (χ3n) is 16.4. The fourth-order valence-electron chi connectivity index (χ4n) is 13.7. The molecule has 4 aliphatic rings. The second-order valence-corrected chi connectivity index (χ2v) is 20.6. The smallest absolute Gasteiger partial charge is 0.137 e. The lowest BCUT2D eigenvalue weighted by molar-refractivity contribution is 0.669. The summed E-state index contributed by atoms with van der Waals surface area (Å²) in [6.45, 7) is 0. The van der Waals surface area contributed by atoms with E-state index in [0.717, 1.165) is 66.8 Å². The summed E-state index contributed by atoms with van der Waals surface area (Å²) >= 11 is 1.89. The molecule has 328 valence electrons. The first kappa shape index (κ1) is 38.1. The number of hydrogen-bond donors (Lipinski definition) is 0. The molecule has 17 rings (SSSR count). The van der Waals surface area contributed by atoms with Gasteiger partial charge in [-0.2, -0.15) is 0 Å². The van der Waals surface area contributed by atoms with Crippen molar-refractivity contribution in [3.63, 3.8) is 0 Å². The summed E-state index contributed by atoms with van der Waals surface area (Å²) in [5.74, 6) is 0. The zero-order valence-corrected chi connectivity index (χ0v) is 38.8. The minimum Gasteiger partial charge on any atom is -0.456 e. The minimum absolute atomic E-state index is 0.445. The SMILES string of the molecule is c1ccc(-n2c3ccccc3c3ccc4oc5cc(-c6cnc7c(c6)C6(c8ccccc8Sc8cc9c(cc86)-c6ccccc6C96c8ccccc8-c8ccccc86)c6cccnc6-7)ccc5c4c32)cc1. The number of para-hydroxylation sites is 2. The largest absolute Gasteiger partial charge is 0.456 e. The van der Waals surface area contributed by atoms with Crippen molar-refractivity contribution in [1.29, 1.82) is 0 Å². The predicted octanol–water partition coefficient (Wildman–Crippen LogP) is 16.3. The van der Waals surface area contributed by atoms with Gasteiger partial charge in [0.1, 0.15) is 11.2 Å². The van der Waals surface area contributed by atoms with E-state index in [1.165, 1.54) is 81.7 Å². The molecular formula is C66H37N3OS. The molecule has 4 nitrogen and oxygen atoms in total. The molecule has 0 amide bonds. The molecule has 4 aromatic heterocycles. The van der Waals surface area contributed by atoms with E-state index in [4.69, 9.17) is 14.4 Å². The number of benzene rings is 9. The molecule has 9 aromatic carbocycles. The van der Waals surface area contributed by atoms with Crippen LogP contribution in [0.25, 0.3) is 94.2 Å². The van der Waals surface area contributed by atoms with Crippen molar-refractivity contribution in [2.45, 2.75) is 20.6 Å². The van der Waals surface area contributed by atoms with Gasteiger partial charge in [-0.05, 0) is 140 Å². The number of fused-ring (bicyclic) bond motifs is 26. The van der Waals surface area contributed by atoms with E-state index < -0.39 is 10.8 Å². The minimum atomic E-state index is -0.690. The highest BCUT2D eigenvalue weighted by molar-refractivity contribution is 7.99. The summed E-state index contributed by atoms with van der Waals surface area (Å²) in [5, 5.41) is 4.63. The molecule has 13 aromatic rings. The topological polar surface area (TPSA) is 43.9 Å². The van der Waals surface area contributed by atoms with E-state index in [0.29, 0.717) is 0 Å². The first-order valence-electron chi connectivity index (χ1n) is 24.4. The van der Waals surface area contributed by atoms with Gasteiger partial charge in [-0.1, -0.05) is 151 Å². The summed E-state index contributed by atoms with van der Waals surface area (Å²) in [6, 6.07) is 78.6. The van der Waals surface area contributed by atoms with Crippen molar-refractivity contribution in [3.8, 4) is 50.5 Å². The van der Waals surface area contributed by atoms with Gasteiger partial charge in [-0.25, -0.2) is 0 Å². The maximum Gasteiger partial charge on any atom is 0.137 e. The molecule has 1 aliphatic heterocycles. The molecule has 0 saturated carbocycles. The zero-order valence-electron chi connectivity index (χ0n) is 38.0. The Morgan fingerprint density at radius 1 is 0.394 bits per heavy atom. The first-order valence-corrected chi connectivity index (χ1v) is 25.2. The second kappa shape index (κ2) is 13.5.